The van der Waals surface area contributed by atoms with Gasteiger partial charge in [0.1, 0.15) is 11.3 Å². The summed E-state index contributed by atoms with van der Waals surface area (Å²) in [6.45, 7) is 0.639. The first-order chi connectivity index (χ1) is 14.6. The summed E-state index contributed by atoms with van der Waals surface area (Å²) in [6, 6.07) is 14.0. The predicted molar refractivity (Wildman–Crippen MR) is 113 cm³/mol. The number of nitrogens with zero attached hydrogens (tertiary/aromatic N) is 1. The molecule has 0 unspecified atom stereocenters. The van der Waals surface area contributed by atoms with Gasteiger partial charge in [0.2, 0.25) is 5.88 Å². The fraction of sp³-hybridized carbons (Fsp3) is 0.182. The van der Waals surface area contributed by atoms with Crippen LogP contribution in [-0.2, 0) is 6.42 Å². The molecule has 5 rings (SSSR count). The maximum atomic E-state index is 12.8. The number of aromatic amines is 2. The minimum atomic E-state index is -0.709. The van der Waals surface area contributed by atoms with Gasteiger partial charge in [-0.1, -0.05) is 18.2 Å². The van der Waals surface area contributed by atoms with Crippen molar-refractivity contribution in [2.24, 2.45) is 0 Å². The minimum absolute atomic E-state index is 0.0953. The van der Waals surface area contributed by atoms with E-state index in [-0.39, 0.29) is 5.56 Å². The molecule has 1 atom stereocenters. The number of hydrogen-bond donors (Lipinski definition) is 4. The number of rotatable bonds is 3. The smallest absolute Gasteiger partial charge is 0.335 e. The van der Waals surface area contributed by atoms with Gasteiger partial charge in [-0.15, -0.1) is 0 Å². The molecule has 8 heteroatoms. The van der Waals surface area contributed by atoms with Crippen molar-refractivity contribution in [3.05, 3.63) is 86.2 Å². The third kappa shape index (κ3) is 2.73. The Morgan fingerprint density at radius 2 is 1.83 bits per heavy atom. The summed E-state index contributed by atoms with van der Waals surface area (Å²) in [7, 11) is 1.55. The van der Waals surface area contributed by atoms with Crippen molar-refractivity contribution >= 4 is 10.9 Å². The van der Waals surface area contributed by atoms with E-state index < -0.39 is 23.2 Å². The van der Waals surface area contributed by atoms with Crippen molar-refractivity contribution in [3.8, 4) is 17.3 Å². The van der Waals surface area contributed by atoms with Crippen LogP contribution in [0.4, 0.5) is 0 Å². The zero-order valence-corrected chi connectivity index (χ0v) is 16.2. The Morgan fingerprint density at radius 3 is 2.60 bits per heavy atom. The van der Waals surface area contributed by atoms with Crippen LogP contribution in [0.15, 0.2) is 58.1 Å². The number of aromatic nitrogens is 3. The molecule has 8 nitrogen and oxygen atoms in total. The van der Waals surface area contributed by atoms with Gasteiger partial charge in [-0.2, -0.15) is 0 Å². The Labute approximate surface area is 170 Å². The summed E-state index contributed by atoms with van der Waals surface area (Å²) in [5, 5.41) is 15.4. The van der Waals surface area contributed by atoms with Gasteiger partial charge >= 0.3 is 5.69 Å². The van der Waals surface area contributed by atoms with Crippen LogP contribution in [0.25, 0.3) is 16.6 Å². The molecular weight excluding hydrogens is 384 g/mol. The molecule has 0 amide bonds. The summed E-state index contributed by atoms with van der Waals surface area (Å²) >= 11 is 0. The summed E-state index contributed by atoms with van der Waals surface area (Å²) in [5.74, 6) is 0.227. The van der Waals surface area contributed by atoms with Crippen molar-refractivity contribution in [3.63, 3.8) is 0 Å². The molecular formula is C22H20N4O4. The highest BCUT2D eigenvalue weighted by Gasteiger charge is 2.31. The molecule has 0 aliphatic carbocycles. The Morgan fingerprint density at radius 1 is 1.07 bits per heavy atom. The molecule has 2 aromatic carbocycles. The molecule has 0 spiro atoms. The van der Waals surface area contributed by atoms with E-state index in [0.717, 1.165) is 33.1 Å². The van der Waals surface area contributed by atoms with Gasteiger partial charge in [0.25, 0.3) is 5.56 Å². The number of para-hydroxylation sites is 1. The number of H-pyrrole nitrogens is 2. The quantitative estimate of drug-likeness (QED) is 0.417. The van der Waals surface area contributed by atoms with E-state index in [0.29, 0.717) is 18.0 Å². The van der Waals surface area contributed by atoms with E-state index in [1.54, 1.807) is 31.4 Å². The van der Waals surface area contributed by atoms with Crippen LogP contribution >= 0.6 is 0 Å². The zero-order chi connectivity index (χ0) is 20.8. The summed E-state index contributed by atoms with van der Waals surface area (Å²) < 4.78 is 6.24. The third-order valence-corrected chi connectivity index (χ3v) is 5.60. The first kappa shape index (κ1) is 18.3. The molecule has 0 radical (unpaired) electrons. The Hall–Kier alpha value is -3.78. The van der Waals surface area contributed by atoms with Crippen molar-refractivity contribution in [2.75, 3.05) is 13.7 Å². The molecule has 4 N–H and O–H groups in total. The molecule has 152 valence electrons. The van der Waals surface area contributed by atoms with Crippen LogP contribution < -0.4 is 21.3 Å². The number of hydrogen-bond acceptors (Lipinski definition) is 5. The molecule has 4 aromatic rings. The second kappa shape index (κ2) is 6.93. The van der Waals surface area contributed by atoms with Crippen molar-refractivity contribution in [1.82, 2.24) is 19.9 Å². The normalized spacial score (nSPS) is 15.8. The van der Waals surface area contributed by atoms with Gasteiger partial charge in [0.15, 0.2) is 0 Å². The SMILES string of the molecule is COc1ccc(-n2c(O)c([C@@H]3NCCc4c3[nH]c3ccccc43)c(=O)[nH]c2=O)cc1. The lowest BCUT2D eigenvalue weighted by molar-refractivity contribution is 0.408. The summed E-state index contributed by atoms with van der Waals surface area (Å²) in [6.07, 6.45) is 0.798. The van der Waals surface area contributed by atoms with Gasteiger partial charge in [-0.3, -0.25) is 9.78 Å². The molecule has 1 aliphatic rings. The Kier molecular flexibility index (Phi) is 4.22. The minimum Gasteiger partial charge on any atom is -0.497 e. The van der Waals surface area contributed by atoms with Gasteiger partial charge in [-0.25, -0.2) is 9.36 Å². The molecule has 3 heterocycles. The Bertz CT molecular complexity index is 1360. The van der Waals surface area contributed by atoms with Gasteiger partial charge in [0.05, 0.1) is 18.8 Å². The lowest BCUT2D eigenvalue weighted by atomic mass is 9.95. The van der Waals surface area contributed by atoms with Crippen LogP contribution in [0.2, 0.25) is 0 Å². The fourth-order valence-corrected chi connectivity index (χ4v) is 4.20. The molecule has 0 fully saturated rings. The fourth-order valence-electron chi connectivity index (χ4n) is 4.20. The number of fused-ring (bicyclic) bond motifs is 3. The van der Waals surface area contributed by atoms with Crippen molar-refractivity contribution < 1.29 is 9.84 Å². The lowest BCUT2D eigenvalue weighted by Gasteiger charge is -2.25. The number of ether oxygens (including phenoxy) is 1. The van der Waals surface area contributed by atoms with Gasteiger partial charge < -0.3 is 20.1 Å². The predicted octanol–water partition coefficient (Wildman–Crippen LogP) is 1.96. The van der Waals surface area contributed by atoms with Crippen LogP contribution in [0.1, 0.15) is 22.9 Å². The van der Waals surface area contributed by atoms with E-state index in [4.69, 9.17) is 4.74 Å². The lowest BCUT2D eigenvalue weighted by Crippen LogP contribution is -2.38. The van der Waals surface area contributed by atoms with E-state index >= 15 is 0 Å². The molecule has 2 aromatic heterocycles. The second-order valence-corrected chi connectivity index (χ2v) is 7.23. The monoisotopic (exact) mass is 404 g/mol. The van der Waals surface area contributed by atoms with E-state index in [9.17, 15) is 14.7 Å². The number of benzene rings is 2. The number of aromatic hydroxyl groups is 1. The highest BCUT2D eigenvalue weighted by Crippen LogP contribution is 2.35. The first-order valence-corrected chi connectivity index (χ1v) is 9.64. The maximum Gasteiger partial charge on any atom is 0.335 e. The summed E-state index contributed by atoms with van der Waals surface area (Å²) in [4.78, 5) is 31.0. The average Bonchev–Trinajstić information content (AvgIpc) is 3.13. The summed E-state index contributed by atoms with van der Waals surface area (Å²) in [5.41, 5.74) is 2.08. The highest BCUT2D eigenvalue weighted by atomic mass is 16.5. The third-order valence-electron chi connectivity index (χ3n) is 5.60. The number of nitrogens with one attached hydrogen (secondary N) is 3. The zero-order valence-electron chi connectivity index (χ0n) is 16.2. The molecule has 0 bridgehead atoms. The van der Waals surface area contributed by atoms with E-state index in [1.165, 1.54) is 0 Å². The maximum absolute atomic E-state index is 12.8. The first-order valence-electron chi connectivity index (χ1n) is 9.64. The average molecular weight is 404 g/mol. The van der Waals surface area contributed by atoms with Gasteiger partial charge in [-0.05, 0) is 42.3 Å². The molecule has 0 saturated heterocycles. The van der Waals surface area contributed by atoms with Crippen LogP contribution in [0, 0.1) is 0 Å². The van der Waals surface area contributed by atoms with Crippen LogP contribution in [0.5, 0.6) is 11.6 Å². The van der Waals surface area contributed by atoms with Crippen molar-refractivity contribution in [1.29, 1.82) is 0 Å². The largest absolute Gasteiger partial charge is 0.497 e. The molecule has 30 heavy (non-hydrogen) atoms. The standard InChI is InChI=1S/C22H20N4O4/c1-30-13-8-6-12(7-9-13)26-21(28)17(20(27)25-22(26)29)19-18-15(10-11-23-19)14-4-2-3-5-16(14)24-18/h2-9,19,23-24,28H,10-11H2,1H3,(H,25,27,29)/t19-/m0/s1. The number of methoxy groups -OCH3 is 1. The second-order valence-electron chi connectivity index (χ2n) is 7.23. The van der Waals surface area contributed by atoms with Crippen LogP contribution in [0.3, 0.4) is 0 Å². The highest BCUT2D eigenvalue weighted by molar-refractivity contribution is 5.85. The Balaban J connectivity index is 1.71. The van der Waals surface area contributed by atoms with E-state index in [1.807, 2.05) is 24.3 Å². The molecule has 1 aliphatic heterocycles. The van der Waals surface area contributed by atoms with Gasteiger partial charge in [0, 0.05) is 23.1 Å². The topological polar surface area (TPSA) is 112 Å². The molecule has 0 saturated carbocycles. The van der Waals surface area contributed by atoms with Crippen LogP contribution in [-0.4, -0.2) is 33.3 Å². The van der Waals surface area contributed by atoms with Crippen molar-refractivity contribution in [2.45, 2.75) is 12.5 Å². The van der Waals surface area contributed by atoms with E-state index in [2.05, 4.69) is 15.3 Å².